The molecule has 0 unspecified atom stereocenters. The van der Waals surface area contributed by atoms with E-state index in [1.807, 2.05) is 6.92 Å². The third-order valence-electron chi connectivity index (χ3n) is 2.27. The van der Waals surface area contributed by atoms with Gasteiger partial charge in [0.15, 0.2) is 0 Å². The van der Waals surface area contributed by atoms with Crippen LogP contribution in [0.15, 0.2) is 24.3 Å². The lowest BCUT2D eigenvalue weighted by atomic mass is 10.2. The van der Waals surface area contributed by atoms with Gasteiger partial charge in [0.1, 0.15) is 5.75 Å². The fraction of sp³-hybridized carbons (Fsp3) is 0.167. The Morgan fingerprint density at radius 2 is 2.00 bits per heavy atom. The van der Waals surface area contributed by atoms with Gasteiger partial charge in [-0.1, -0.05) is 0 Å². The average Bonchev–Trinajstić information content (AvgIpc) is 2.39. The fourth-order valence-electron chi connectivity index (χ4n) is 1.41. The van der Waals surface area contributed by atoms with E-state index < -0.39 is 5.91 Å². The Kier molecular flexibility index (Phi) is 4.31. The van der Waals surface area contributed by atoms with Crippen LogP contribution in [0.4, 0.5) is 5.95 Å². The van der Waals surface area contributed by atoms with E-state index in [-0.39, 0.29) is 11.3 Å². The lowest BCUT2D eigenvalue weighted by Gasteiger charge is -2.06. The van der Waals surface area contributed by atoms with E-state index in [9.17, 15) is 4.79 Å². The van der Waals surface area contributed by atoms with Crippen LogP contribution in [0, 0.1) is 0 Å². The molecule has 0 saturated carbocycles. The first-order valence-electron chi connectivity index (χ1n) is 5.81. The van der Waals surface area contributed by atoms with E-state index in [1.165, 1.54) is 0 Å². The zero-order valence-corrected chi connectivity index (χ0v) is 11.4. The molecule has 0 aliphatic rings. The van der Waals surface area contributed by atoms with Gasteiger partial charge in [-0.25, -0.2) is 0 Å². The molecule has 1 heterocycles. The second kappa shape index (κ2) is 6.16. The zero-order valence-electron chi connectivity index (χ0n) is 10.6. The van der Waals surface area contributed by atoms with Gasteiger partial charge in [-0.3, -0.25) is 4.79 Å². The third-order valence-corrected chi connectivity index (χ3v) is 2.44. The molecule has 7 nitrogen and oxygen atoms in total. The number of anilines is 1. The van der Waals surface area contributed by atoms with E-state index in [0.29, 0.717) is 23.8 Å². The van der Waals surface area contributed by atoms with Gasteiger partial charge in [0.2, 0.25) is 17.1 Å². The highest BCUT2D eigenvalue weighted by Crippen LogP contribution is 2.20. The van der Waals surface area contributed by atoms with Crippen molar-refractivity contribution in [3.8, 4) is 11.8 Å². The van der Waals surface area contributed by atoms with Gasteiger partial charge < -0.3 is 15.8 Å². The summed E-state index contributed by atoms with van der Waals surface area (Å²) in [5.74, 6) is 0.283. The van der Waals surface area contributed by atoms with Crippen LogP contribution in [0.2, 0.25) is 5.28 Å². The molecular weight excluding hydrogens is 282 g/mol. The van der Waals surface area contributed by atoms with Crippen LogP contribution in [-0.2, 0) is 0 Å². The maximum absolute atomic E-state index is 11.0. The van der Waals surface area contributed by atoms with Gasteiger partial charge in [-0.15, -0.1) is 0 Å². The quantitative estimate of drug-likeness (QED) is 0.872. The maximum atomic E-state index is 11.0. The Morgan fingerprint density at radius 1 is 1.30 bits per heavy atom. The lowest BCUT2D eigenvalue weighted by Crippen LogP contribution is -2.10. The number of nitrogens with zero attached hydrogens (tertiary/aromatic N) is 3. The molecule has 0 spiro atoms. The monoisotopic (exact) mass is 293 g/mol. The van der Waals surface area contributed by atoms with Gasteiger partial charge in [-0.05, 0) is 42.8 Å². The van der Waals surface area contributed by atoms with Crippen molar-refractivity contribution in [1.82, 2.24) is 15.0 Å². The number of nitrogens with one attached hydrogen (secondary N) is 1. The zero-order chi connectivity index (χ0) is 14.5. The topological polar surface area (TPSA) is 103 Å². The van der Waals surface area contributed by atoms with Crippen LogP contribution >= 0.6 is 11.6 Å². The molecule has 2 rings (SSSR count). The number of carbonyl (C=O) groups is 1. The minimum atomic E-state index is -0.505. The van der Waals surface area contributed by atoms with Crippen molar-refractivity contribution in [3.05, 3.63) is 35.1 Å². The Balaban J connectivity index is 2.18. The molecule has 0 aliphatic heterocycles. The largest absolute Gasteiger partial charge is 0.424 e. The summed E-state index contributed by atoms with van der Waals surface area (Å²) in [5.41, 5.74) is 5.54. The molecule has 20 heavy (non-hydrogen) atoms. The summed E-state index contributed by atoms with van der Waals surface area (Å²) in [4.78, 5) is 22.8. The second-order valence-corrected chi connectivity index (χ2v) is 4.07. The van der Waals surface area contributed by atoms with E-state index >= 15 is 0 Å². The first-order chi connectivity index (χ1) is 9.58. The van der Waals surface area contributed by atoms with Crippen LogP contribution < -0.4 is 15.8 Å². The highest BCUT2D eigenvalue weighted by atomic mass is 35.5. The molecule has 1 aromatic carbocycles. The van der Waals surface area contributed by atoms with Gasteiger partial charge in [0.05, 0.1) is 0 Å². The van der Waals surface area contributed by atoms with Crippen LogP contribution in [-0.4, -0.2) is 27.4 Å². The minimum Gasteiger partial charge on any atom is -0.424 e. The normalized spacial score (nSPS) is 10.1. The summed E-state index contributed by atoms with van der Waals surface area (Å²) in [6.45, 7) is 2.55. The third kappa shape index (κ3) is 3.55. The highest BCUT2D eigenvalue weighted by molar-refractivity contribution is 6.28. The van der Waals surface area contributed by atoms with Crippen molar-refractivity contribution in [3.63, 3.8) is 0 Å². The number of halogens is 1. The molecule has 104 valence electrons. The van der Waals surface area contributed by atoms with Crippen LogP contribution in [0.5, 0.6) is 11.8 Å². The fourth-order valence-corrected chi connectivity index (χ4v) is 1.56. The SMILES string of the molecule is CCNc1nc(Cl)nc(Oc2ccc(C(N)=O)cc2)n1. The van der Waals surface area contributed by atoms with Gasteiger partial charge in [-0.2, -0.15) is 15.0 Å². The van der Waals surface area contributed by atoms with Crippen molar-refractivity contribution in [2.45, 2.75) is 6.92 Å². The first kappa shape index (κ1) is 14.0. The van der Waals surface area contributed by atoms with Crippen molar-refractivity contribution in [1.29, 1.82) is 0 Å². The number of amides is 1. The van der Waals surface area contributed by atoms with Crippen molar-refractivity contribution >= 4 is 23.5 Å². The first-order valence-corrected chi connectivity index (χ1v) is 6.19. The Labute approximate surface area is 120 Å². The molecule has 1 aromatic heterocycles. The maximum Gasteiger partial charge on any atom is 0.328 e. The molecule has 0 atom stereocenters. The molecule has 0 radical (unpaired) electrons. The number of primary amides is 1. The van der Waals surface area contributed by atoms with Gasteiger partial charge in [0.25, 0.3) is 0 Å². The summed E-state index contributed by atoms with van der Waals surface area (Å²) in [6, 6.07) is 6.33. The number of ether oxygens (including phenoxy) is 1. The highest BCUT2D eigenvalue weighted by Gasteiger charge is 2.07. The Morgan fingerprint density at radius 3 is 2.60 bits per heavy atom. The van der Waals surface area contributed by atoms with Crippen molar-refractivity contribution in [2.75, 3.05) is 11.9 Å². The summed E-state index contributed by atoms with van der Waals surface area (Å²) in [6.07, 6.45) is 0. The van der Waals surface area contributed by atoms with Crippen molar-refractivity contribution in [2.24, 2.45) is 5.73 Å². The summed E-state index contributed by atoms with van der Waals surface area (Å²) >= 11 is 5.78. The molecule has 3 N–H and O–H groups in total. The number of carbonyl (C=O) groups excluding carboxylic acids is 1. The number of hydrogen-bond acceptors (Lipinski definition) is 6. The smallest absolute Gasteiger partial charge is 0.328 e. The van der Waals surface area contributed by atoms with Crippen molar-refractivity contribution < 1.29 is 9.53 Å². The summed E-state index contributed by atoms with van der Waals surface area (Å²) in [5, 5.41) is 2.94. The van der Waals surface area contributed by atoms with Crippen LogP contribution in [0.25, 0.3) is 0 Å². The molecule has 1 amide bonds. The standard InChI is InChI=1S/C12H12ClN5O2/c1-2-15-11-16-10(13)17-12(18-11)20-8-5-3-7(4-6-8)9(14)19/h3-6H,2H2,1H3,(H2,14,19)(H,15,16,17,18). The molecule has 0 fully saturated rings. The number of hydrogen-bond donors (Lipinski definition) is 2. The van der Waals surface area contributed by atoms with Gasteiger partial charge in [0, 0.05) is 12.1 Å². The summed E-state index contributed by atoms with van der Waals surface area (Å²) in [7, 11) is 0. The summed E-state index contributed by atoms with van der Waals surface area (Å²) < 4.78 is 5.44. The number of aromatic nitrogens is 3. The number of rotatable bonds is 5. The minimum absolute atomic E-state index is 0.0275. The van der Waals surface area contributed by atoms with E-state index in [2.05, 4.69) is 20.3 Å². The van der Waals surface area contributed by atoms with Crippen LogP contribution in [0.1, 0.15) is 17.3 Å². The molecule has 0 aliphatic carbocycles. The predicted octanol–water partition coefficient (Wildman–Crippen LogP) is 1.85. The second-order valence-electron chi connectivity index (χ2n) is 3.73. The molecule has 2 aromatic rings. The van der Waals surface area contributed by atoms with E-state index in [1.54, 1.807) is 24.3 Å². The number of nitrogens with two attached hydrogens (primary N) is 1. The number of benzene rings is 1. The molecule has 0 bridgehead atoms. The Bertz CT molecular complexity index is 618. The molecular formula is C12H12ClN5O2. The van der Waals surface area contributed by atoms with E-state index in [4.69, 9.17) is 22.1 Å². The van der Waals surface area contributed by atoms with Gasteiger partial charge >= 0.3 is 6.01 Å². The predicted molar refractivity (Wildman–Crippen MR) is 74.0 cm³/mol. The Hall–Kier alpha value is -2.41. The lowest BCUT2D eigenvalue weighted by molar-refractivity contribution is 0.100. The van der Waals surface area contributed by atoms with Crippen LogP contribution in [0.3, 0.4) is 0 Å². The van der Waals surface area contributed by atoms with E-state index in [0.717, 1.165) is 0 Å². The average molecular weight is 294 g/mol. The molecule has 8 heteroatoms. The molecule has 0 saturated heterocycles.